The van der Waals surface area contributed by atoms with Gasteiger partial charge in [-0.25, -0.2) is 4.79 Å². The number of benzene rings is 2. The van der Waals surface area contributed by atoms with E-state index in [-0.39, 0.29) is 17.7 Å². The van der Waals surface area contributed by atoms with Crippen LogP contribution >= 0.6 is 11.6 Å². The van der Waals surface area contributed by atoms with Crippen LogP contribution in [0.3, 0.4) is 0 Å². The molecule has 2 saturated carbocycles. The minimum absolute atomic E-state index is 0.194. The van der Waals surface area contributed by atoms with E-state index >= 15 is 0 Å². The van der Waals surface area contributed by atoms with Crippen LogP contribution < -0.4 is 5.69 Å². The van der Waals surface area contributed by atoms with E-state index in [0.29, 0.717) is 23.0 Å². The summed E-state index contributed by atoms with van der Waals surface area (Å²) >= 11 is 6.40. The van der Waals surface area contributed by atoms with Crippen molar-refractivity contribution in [2.24, 2.45) is 5.92 Å². The van der Waals surface area contributed by atoms with Gasteiger partial charge in [-0.2, -0.15) is 4.98 Å². The molecule has 0 amide bonds. The molecule has 0 aliphatic heterocycles. The Bertz CT molecular complexity index is 1090. The number of halogens is 1. The minimum atomic E-state index is -0.313. The van der Waals surface area contributed by atoms with Crippen LogP contribution in [0.25, 0.3) is 16.6 Å². The van der Waals surface area contributed by atoms with Gasteiger partial charge in [0.25, 0.3) is 0 Å². The summed E-state index contributed by atoms with van der Waals surface area (Å²) in [6.45, 7) is 0. The molecule has 2 aliphatic carbocycles. The van der Waals surface area contributed by atoms with Crippen LogP contribution in [0.5, 0.6) is 0 Å². The predicted molar refractivity (Wildman–Crippen MR) is 107 cm³/mol. The van der Waals surface area contributed by atoms with Crippen molar-refractivity contribution in [3.05, 3.63) is 69.2 Å². The monoisotopic (exact) mass is 380 g/mol. The van der Waals surface area contributed by atoms with Crippen LogP contribution in [-0.4, -0.2) is 20.8 Å². The van der Waals surface area contributed by atoms with E-state index in [2.05, 4.69) is 23.2 Å². The second-order valence-corrected chi connectivity index (χ2v) is 8.19. The van der Waals surface area contributed by atoms with Crippen molar-refractivity contribution in [2.45, 2.75) is 44.1 Å². The van der Waals surface area contributed by atoms with Gasteiger partial charge in [-0.3, -0.25) is 4.57 Å². The highest BCUT2D eigenvalue weighted by atomic mass is 35.5. The third-order valence-electron chi connectivity index (χ3n) is 5.97. The van der Waals surface area contributed by atoms with Crippen molar-refractivity contribution in [3.63, 3.8) is 0 Å². The van der Waals surface area contributed by atoms with Gasteiger partial charge >= 0.3 is 5.69 Å². The predicted octanol–water partition coefficient (Wildman–Crippen LogP) is 4.23. The molecular formula is C22H21ClN2O2. The maximum atomic E-state index is 13.0. The van der Waals surface area contributed by atoms with Crippen LogP contribution in [0.2, 0.25) is 5.02 Å². The fourth-order valence-corrected chi connectivity index (χ4v) is 4.26. The van der Waals surface area contributed by atoms with E-state index in [0.717, 1.165) is 29.4 Å². The van der Waals surface area contributed by atoms with E-state index in [1.54, 1.807) is 10.6 Å². The maximum absolute atomic E-state index is 13.0. The van der Waals surface area contributed by atoms with Crippen LogP contribution in [0.1, 0.15) is 42.9 Å². The SMILES string of the molecule is O=c1nc(C[C@H]2CC[C@@H]2O)c2ccc(C3CC3)cc2n1-c1ccccc1Cl. The van der Waals surface area contributed by atoms with Crippen LogP contribution in [0, 0.1) is 5.92 Å². The quantitative estimate of drug-likeness (QED) is 0.736. The first-order valence-electron chi connectivity index (χ1n) is 9.60. The molecule has 0 unspecified atom stereocenters. The Morgan fingerprint density at radius 3 is 2.59 bits per heavy atom. The van der Waals surface area contributed by atoms with Crippen molar-refractivity contribution in [1.82, 2.24) is 9.55 Å². The van der Waals surface area contributed by atoms with Gasteiger partial charge < -0.3 is 5.11 Å². The summed E-state index contributed by atoms with van der Waals surface area (Å²) < 4.78 is 1.63. The molecule has 2 aliphatic rings. The number of para-hydroxylation sites is 1. The van der Waals surface area contributed by atoms with Gasteiger partial charge in [0.05, 0.1) is 28.0 Å². The summed E-state index contributed by atoms with van der Waals surface area (Å²) in [5.41, 5.74) is 3.25. The molecule has 5 heteroatoms. The highest BCUT2D eigenvalue weighted by molar-refractivity contribution is 6.32. The number of rotatable bonds is 4. The summed E-state index contributed by atoms with van der Waals surface area (Å²) in [6, 6.07) is 13.7. The molecule has 4 nitrogen and oxygen atoms in total. The minimum Gasteiger partial charge on any atom is -0.393 e. The first-order valence-corrected chi connectivity index (χ1v) is 9.98. The third-order valence-corrected chi connectivity index (χ3v) is 6.29. The average molecular weight is 381 g/mol. The fourth-order valence-electron chi connectivity index (χ4n) is 4.04. The Kier molecular flexibility index (Phi) is 4.06. The van der Waals surface area contributed by atoms with Crippen molar-refractivity contribution in [3.8, 4) is 5.69 Å². The topological polar surface area (TPSA) is 55.1 Å². The van der Waals surface area contributed by atoms with Gasteiger partial charge in [-0.1, -0.05) is 35.9 Å². The second-order valence-electron chi connectivity index (χ2n) is 7.79. The molecule has 0 radical (unpaired) electrons. The number of hydrogen-bond acceptors (Lipinski definition) is 3. The van der Waals surface area contributed by atoms with Gasteiger partial charge in [0.2, 0.25) is 0 Å². The first kappa shape index (κ1) is 17.0. The highest BCUT2D eigenvalue weighted by Crippen LogP contribution is 2.41. The van der Waals surface area contributed by atoms with Crippen LogP contribution in [0.15, 0.2) is 47.3 Å². The smallest absolute Gasteiger partial charge is 0.352 e. The zero-order valence-corrected chi connectivity index (χ0v) is 15.7. The second kappa shape index (κ2) is 6.47. The summed E-state index contributed by atoms with van der Waals surface area (Å²) in [7, 11) is 0. The lowest BCUT2D eigenvalue weighted by atomic mass is 9.78. The Morgan fingerprint density at radius 2 is 1.93 bits per heavy atom. The van der Waals surface area contributed by atoms with E-state index in [1.165, 1.54) is 18.4 Å². The maximum Gasteiger partial charge on any atom is 0.352 e. The van der Waals surface area contributed by atoms with Gasteiger partial charge in [-0.15, -0.1) is 0 Å². The molecule has 1 N–H and O–H groups in total. The lowest BCUT2D eigenvalue weighted by Gasteiger charge is -2.32. The van der Waals surface area contributed by atoms with Crippen LogP contribution in [0.4, 0.5) is 0 Å². The fraction of sp³-hybridized carbons (Fsp3) is 0.364. The molecule has 5 rings (SSSR count). The molecule has 0 saturated heterocycles. The zero-order chi connectivity index (χ0) is 18.5. The Labute approximate surface area is 162 Å². The van der Waals surface area contributed by atoms with Gasteiger partial charge in [0.15, 0.2) is 0 Å². The number of hydrogen-bond donors (Lipinski definition) is 1. The molecular weight excluding hydrogens is 360 g/mol. The summed E-state index contributed by atoms with van der Waals surface area (Å²) in [5.74, 6) is 0.786. The Hall–Kier alpha value is -2.17. The van der Waals surface area contributed by atoms with Crippen LogP contribution in [-0.2, 0) is 6.42 Å². The van der Waals surface area contributed by atoms with Gasteiger partial charge in [0.1, 0.15) is 0 Å². The lowest BCUT2D eigenvalue weighted by molar-refractivity contribution is 0.0240. The van der Waals surface area contributed by atoms with Crippen molar-refractivity contribution in [2.75, 3.05) is 0 Å². The largest absolute Gasteiger partial charge is 0.393 e. The lowest BCUT2D eigenvalue weighted by Crippen LogP contribution is -2.34. The summed E-state index contributed by atoms with van der Waals surface area (Å²) in [6.07, 6.45) is 4.59. The molecule has 0 bridgehead atoms. The summed E-state index contributed by atoms with van der Waals surface area (Å²) in [4.78, 5) is 17.4. The molecule has 138 valence electrons. The normalized spacial score (nSPS) is 22.0. The van der Waals surface area contributed by atoms with E-state index in [1.807, 2.05) is 18.2 Å². The first-order chi connectivity index (χ1) is 13.1. The highest BCUT2D eigenvalue weighted by Gasteiger charge is 2.30. The number of fused-ring (bicyclic) bond motifs is 1. The van der Waals surface area contributed by atoms with Gasteiger partial charge in [-0.05, 0) is 67.7 Å². The average Bonchev–Trinajstić information content (AvgIpc) is 3.50. The summed E-state index contributed by atoms with van der Waals surface area (Å²) in [5, 5.41) is 11.5. The van der Waals surface area contributed by atoms with Crippen molar-refractivity contribution >= 4 is 22.5 Å². The van der Waals surface area contributed by atoms with E-state index in [4.69, 9.17) is 11.6 Å². The zero-order valence-electron chi connectivity index (χ0n) is 14.9. The number of aliphatic hydroxyl groups is 1. The molecule has 3 aromatic rings. The number of aliphatic hydroxyl groups excluding tert-OH is 1. The number of nitrogens with zero attached hydrogens (tertiary/aromatic N) is 2. The molecule has 2 fully saturated rings. The van der Waals surface area contributed by atoms with Crippen molar-refractivity contribution < 1.29 is 5.11 Å². The van der Waals surface area contributed by atoms with E-state index in [9.17, 15) is 9.90 Å². The molecule has 27 heavy (non-hydrogen) atoms. The molecule has 1 aromatic heterocycles. The number of aromatic nitrogens is 2. The van der Waals surface area contributed by atoms with E-state index < -0.39 is 0 Å². The molecule has 1 heterocycles. The van der Waals surface area contributed by atoms with Crippen molar-refractivity contribution in [1.29, 1.82) is 0 Å². The third kappa shape index (κ3) is 2.97. The standard InChI is InChI=1S/C22H21ClN2O2/c23-17-3-1-2-4-19(17)25-20-12-14(13-5-6-13)7-9-16(20)18(24-22(25)27)11-15-8-10-21(15)26/h1-4,7,9,12-13,15,21,26H,5-6,8,10-11H2/t15-,21+/m1/s1. The molecule has 2 aromatic carbocycles. The molecule has 0 spiro atoms. The Balaban J connectivity index is 1.74. The van der Waals surface area contributed by atoms with Gasteiger partial charge in [0, 0.05) is 5.39 Å². The Morgan fingerprint density at radius 1 is 1.11 bits per heavy atom. The molecule has 2 atom stereocenters.